The van der Waals surface area contributed by atoms with E-state index in [0.717, 1.165) is 0 Å². The molecule has 0 fully saturated rings. The molecule has 3 aromatic carbocycles. The summed E-state index contributed by atoms with van der Waals surface area (Å²) in [5, 5.41) is 24.0. The monoisotopic (exact) mass is 443 g/mol. The molecular weight excluding hydrogens is 422 g/mol. The standard InChI is InChI=1S/C25H21N3O5/c1-32-22-11-7-19(8-12-22)27-24(30)16-33-23-4-2-3-17(14-23)13-18(15-26)25(31)28-20-5-9-21(29)10-6-20/h2-14,29H,16H2,1H3,(H,27,30)(H,28,31)/b18-13+. The number of rotatable bonds is 8. The summed E-state index contributed by atoms with van der Waals surface area (Å²) in [6.07, 6.45) is 1.42. The topological polar surface area (TPSA) is 121 Å². The van der Waals surface area contributed by atoms with E-state index in [1.807, 2.05) is 6.07 Å². The van der Waals surface area contributed by atoms with Gasteiger partial charge in [0.05, 0.1) is 7.11 Å². The van der Waals surface area contributed by atoms with Crippen LogP contribution >= 0.6 is 0 Å². The Balaban J connectivity index is 1.60. The lowest BCUT2D eigenvalue weighted by Crippen LogP contribution is -2.20. The average Bonchev–Trinajstić information content (AvgIpc) is 2.83. The van der Waals surface area contributed by atoms with Crippen LogP contribution in [0.25, 0.3) is 6.08 Å². The third kappa shape index (κ3) is 6.87. The number of carbonyl (C=O) groups excluding carboxylic acids is 2. The highest BCUT2D eigenvalue weighted by Crippen LogP contribution is 2.19. The van der Waals surface area contributed by atoms with Crippen molar-refractivity contribution >= 4 is 29.3 Å². The van der Waals surface area contributed by atoms with Gasteiger partial charge in [-0.05, 0) is 72.3 Å². The number of carbonyl (C=O) groups is 2. The molecule has 0 spiro atoms. The summed E-state index contributed by atoms with van der Waals surface area (Å²) < 4.78 is 10.6. The zero-order chi connectivity index (χ0) is 23.6. The van der Waals surface area contributed by atoms with Crippen LogP contribution in [-0.4, -0.2) is 30.6 Å². The number of phenols is 1. The fraction of sp³-hybridized carbons (Fsp3) is 0.0800. The first-order chi connectivity index (χ1) is 16.0. The van der Waals surface area contributed by atoms with Crippen LogP contribution in [-0.2, 0) is 9.59 Å². The first-order valence-corrected chi connectivity index (χ1v) is 9.86. The Morgan fingerprint density at radius 1 is 0.970 bits per heavy atom. The lowest BCUT2D eigenvalue weighted by molar-refractivity contribution is -0.118. The number of nitrogens with one attached hydrogen (secondary N) is 2. The van der Waals surface area contributed by atoms with Gasteiger partial charge >= 0.3 is 0 Å². The fourth-order valence-corrected chi connectivity index (χ4v) is 2.77. The molecule has 0 bridgehead atoms. The number of ether oxygens (including phenoxy) is 2. The Labute approximate surface area is 190 Å². The molecule has 0 unspecified atom stereocenters. The molecule has 0 saturated heterocycles. The highest BCUT2D eigenvalue weighted by Gasteiger charge is 2.10. The molecule has 0 saturated carbocycles. The molecule has 8 heteroatoms. The number of hydrogen-bond acceptors (Lipinski definition) is 6. The summed E-state index contributed by atoms with van der Waals surface area (Å²) in [6, 6.07) is 21.3. The van der Waals surface area contributed by atoms with Crippen molar-refractivity contribution in [2.45, 2.75) is 0 Å². The van der Waals surface area contributed by atoms with Gasteiger partial charge in [0.1, 0.15) is 28.9 Å². The molecule has 166 valence electrons. The predicted octanol–water partition coefficient (Wildman–Crippen LogP) is 3.96. The lowest BCUT2D eigenvalue weighted by Gasteiger charge is -2.09. The summed E-state index contributed by atoms with van der Waals surface area (Å²) >= 11 is 0. The van der Waals surface area contributed by atoms with Gasteiger partial charge in [0.25, 0.3) is 11.8 Å². The molecule has 0 radical (unpaired) electrons. The Bertz CT molecular complexity index is 1200. The number of anilines is 2. The van der Waals surface area contributed by atoms with Crippen molar-refractivity contribution in [3.63, 3.8) is 0 Å². The Kier molecular flexibility index (Phi) is 7.65. The molecule has 8 nitrogen and oxygen atoms in total. The minimum atomic E-state index is -0.589. The molecule has 33 heavy (non-hydrogen) atoms. The first kappa shape index (κ1) is 22.9. The van der Waals surface area contributed by atoms with Crippen LogP contribution < -0.4 is 20.1 Å². The van der Waals surface area contributed by atoms with Crippen molar-refractivity contribution in [3.05, 3.63) is 83.9 Å². The van der Waals surface area contributed by atoms with E-state index in [1.165, 1.54) is 30.3 Å². The van der Waals surface area contributed by atoms with Crippen molar-refractivity contribution in [2.75, 3.05) is 24.4 Å². The van der Waals surface area contributed by atoms with E-state index in [1.54, 1.807) is 55.6 Å². The lowest BCUT2D eigenvalue weighted by atomic mass is 10.1. The number of amides is 2. The van der Waals surface area contributed by atoms with E-state index in [2.05, 4.69) is 10.6 Å². The van der Waals surface area contributed by atoms with Crippen LogP contribution in [0.2, 0.25) is 0 Å². The molecule has 0 atom stereocenters. The second-order valence-electron chi connectivity index (χ2n) is 6.81. The van der Waals surface area contributed by atoms with E-state index in [9.17, 15) is 20.0 Å². The summed E-state index contributed by atoms with van der Waals surface area (Å²) in [5.41, 5.74) is 1.50. The maximum Gasteiger partial charge on any atom is 0.266 e. The number of aromatic hydroxyl groups is 1. The number of nitrogens with zero attached hydrogens (tertiary/aromatic N) is 1. The Morgan fingerprint density at radius 3 is 2.30 bits per heavy atom. The third-order valence-electron chi connectivity index (χ3n) is 4.40. The second-order valence-corrected chi connectivity index (χ2v) is 6.81. The number of nitriles is 1. The van der Waals surface area contributed by atoms with Gasteiger partial charge in [-0.1, -0.05) is 12.1 Å². The van der Waals surface area contributed by atoms with Crippen LogP contribution in [0, 0.1) is 11.3 Å². The van der Waals surface area contributed by atoms with E-state index >= 15 is 0 Å². The summed E-state index contributed by atoms with van der Waals surface area (Å²) in [6.45, 7) is -0.217. The van der Waals surface area contributed by atoms with Crippen molar-refractivity contribution in [2.24, 2.45) is 0 Å². The Morgan fingerprint density at radius 2 is 1.64 bits per heavy atom. The molecule has 3 aromatic rings. The van der Waals surface area contributed by atoms with Crippen molar-refractivity contribution in [1.82, 2.24) is 0 Å². The number of phenolic OH excluding ortho intramolecular Hbond substituents is 1. The zero-order valence-electron chi connectivity index (χ0n) is 17.7. The van der Waals surface area contributed by atoms with Crippen LogP contribution in [0.15, 0.2) is 78.4 Å². The predicted molar refractivity (Wildman–Crippen MR) is 124 cm³/mol. The summed E-state index contributed by atoms with van der Waals surface area (Å²) in [7, 11) is 1.56. The number of hydrogen-bond donors (Lipinski definition) is 3. The van der Waals surface area contributed by atoms with E-state index in [-0.39, 0.29) is 23.8 Å². The highest BCUT2D eigenvalue weighted by molar-refractivity contribution is 6.09. The number of methoxy groups -OCH3 is 1. The van der Waals surface area contributed by atoms with Crippen LogP contribution in [0.5, 0.6) is 17.2 Å². The molecule has 0 aliphatic rings. The zero-order valence-corrected chi connectivity index (χ0v) is 17.7. The van der Waals surface area contributed by atoms with Gasteiger partial charge in [0.15, 0.2) is 6.61 Å². The normalized spacial score (nSPS) is 10.6. The number of benzene rings is 3. The molecular formula is C25H21N3O5. The van der Waals surface area contributed by atoms with Crippen molar-refractivity contribution in [3.8, 4) is 23.3 Å². The van der Waals surface area contributed by atoms with Gasteiger partial charge in [0.2, 0.25) is 0 Å². The van der Waals surface area contributed by atoms with Crippen molar-refractivity contribution in [1.29, 1.82) is 5.26 Å². The summed E-state index contributed by atoms with van der Waals surface area (Å²) in [5.74, 6) is 0.228. The first-order valence-electron chi connectivity index (χ1n) is 9.86. The molecule has 0 aliphatic carbocycles. The van der Waals surface area contributed by atoms with Gasteiger partial charge < -0.3 is 25.2 Å². The van der Waals surface area contributed by atoms with Gasteiger partial charge in [0, 0.05) is 11.4 Å². The molecule has 0 aromatic heterocycles. The Hall–Kier alpha value is -4.77. The molecule has 0 heterocycles. The van der Waals surface area contributed by atoms with E-state index in [0.29, 0.717) is 28.4 Å². The minimum Gasteiger partial charge on any atom is -0.508 e. The van der Waals surface area contributed by atoms with E-state index in [4.69, 9.17) is 9.47 Å². The smallest absolute Gasteiger partial charge is 0.266 e. The van der Waals surface area contributed by atoms with Gasteiger partial charge in [-0.3, -0.25) is 9.59 Å². The third-order valence-corrected chi connectivity index (χ3v) is 4.40. The van der Waals surface area contributed by atoms with Gasteiger partial charge in [-0.25, -0.2) is 0 Å². The van der Waals surface area contributed by atoms with E-state index < -0.39 is 5.91 Å². The SMILES string of the molecule is COc1ccc(NC(=O)COc2cccc(/C=C(\C#N)C(=O)Nc3ccc(O)cc3)c2)cc1. The van der Waals surface area contributed by atoms with Gasteiger partial charge in [-0.15, -0.1) is 0 Å². The average molecular weight is 443 g/mol. The second kappa shape index (κ2) is 11.0. The quantitative estimate of drug-likeness (QED) is 0.275. The largest absolute Gasteiger partial charge is 0.508 e. The van der Waals surface area contributed by atoms with Gasteiger partial charge in [-0.2, -0.15) is 5.26 Å². The maximum atomic E-state index is 12.4. The summed E-state index contributed by atoms with van der Waals surface area (Å²) in [4.78, 5) is 24.5. The maximum absolute atomic E-state index is 12.4. The minimum absolute atomic E-state index is 0.0681. The van der Waals surface area contributed by atoms with Crippen LogP contribution in [0.3, 0.4) is 0 Å². The fourth-order valence-electron chi connectivity index (χ4n) is 2.77. The highest BCUT2D eigenvalue weighted by atomic mass is 16.5. The molecule has 2 amide bonds. The molecule has 3 rings (SSSR count). The van der Waals surface area contributed by atoms with Crippen LogP contribution in [0.4, 0.5) is 11.4 Å². The van der Waals surface area contributed by atoms with Crippen molar-refractivity contribution < 1.29 is 24.2 Å². The molecule has 3 N–H and O–H groups in total. The van der Waals surface area contributed by atoms with Crippen LogP contribution in [0.1, 0.15) is 5.56 Å². The molecule has 0 aliphatic heterocycles.